The maximum atomic E-state index is 15.5. The largest absolute Gasteiger partial charge is 0.391 e. The molecule has 97 heavy (non-hydrogen) atoms. The highest BCUT2D eigenvalue weighted by atomic mass is 32.1. The predicted molar refractivity (Wildman–Crippen MR) is 377 cm³/mol. The Morgan fingerprint density at radius 3 is 2.31 bits per heavy atom. The normalized spacial score (nSPS) is 25.6. The quantitative estimate of drug-likeness (QED) is 0.0555. The number of piperidine rings is 1. The number of hydrogen-bond donors (Lipinski definition) is 4. The van der Waals surface area contributed by atoms with Gasteiger partial charge in [-0.1, -0.05) is 82.4 Å². The van der Waals surface area contributed by atoms with Crippen LogP contribution in [0.1, 0.15) is 163 Å². The van der Waals surface area contributed by atoms with Gasteiger partial charge in [0.05, 0.1) is 63.0 Å². The van der Waals surface area contributed by atoms with Gasteiger partial charge in [0.1, 0.15) is 30.2 Å². The van der Waals surface area contributed by atoms with Crippen LogP contribution in [0.4, 0.5) is 22.6 Å². The monoisotopic (exact) mass is 1350 g/mol. The molecule has 2 aromatic carbocycles. The molecule has 4 aliphatic heterocycles. The third-order valence-corrected chi connectivity index (χ3v) is 24.0. The van der Waals surface area contributed by atoms with Crippen molar-refractivity contribution in [3.05, 3.63) is 106 Å². The summed E-state index contributed by atoms with van der Waals surface area (Å²) in [5.41, 5.74) is 10.1. The van der Waals surface area contributed by atoms with Gasteiger partial charge in [-0.05, 0) is 175 Å². The van der Waals surface area contributed by atoms with Gasteiger partial charge in [0.25, 0.3) is 5.91 Å². The fourth-order valence-electron chi connectivity index (χ4n) is 18.5. The number of rotatable bonds is 20. The van der Waals surface area contributed by atoms with Crippen LogP contribution in [0.25, 0.3) is 31.8 Å². The number of para-hydroxylation sites is 1. The van der Waals surface area contributed by atoms with Gasteiger partial charge in [0, 0.05) is 73.6 Å². The van der Waals surface area contributed by atoms with Gasteiger partial charge in [-0.15, -0.1) is 21.5 Å². The third-order valence-electron chi connectivity index (χ3n) is 22.1. The summed E-state index contributed by atoms with van der Waals surface area (Å²) in [6.07, 6.45) is 12.6. The molecule has 8 aliphatic rings. The second kappa shape index (κ2) is 26.4. The summed E-state index contributed by atoms with van der Waals surface area (Å²) in [5.74, 6) is 0.454. The van der Waals surface area contributed by atoms with E-state index < -0.39 is 35.4 Å². The van der Waals surface area contributed by atoms with Gasteiger partial charge in [-0.3, -0.25) is 23.9 Å². The molecule has 23 heteroatoms. The molecule has 7 aromatic rings. The highest BCUT2D eigenvalue weighted by Gasteiger charge is 2.66. The van der Waals surface area contributed by atoms with Crippen LogP contribution in [-0.2, 0) is 36.8 Å². The molecule has 2 unspecified atom stereocenters. The summed E-state index contributed by atoms with van der Waals surface area (Å²) in [5, 5.41) is 36.0. The number of nitrogens with one attached hydrogen (secondary N) is 3. The van der Waals surface area contributed by atoms with Crippen LogP contribution in [0.5, 0.6) is 0 Å². The number of nitrogens with zero attached hydrogens (tertiary/aromatic N) is 11. The number of aryl methyl sites for hydroxylation is 1. The minimum absolute atomic E-state index is 0.0161. The molecular weight excluding hydrogens is 1260 g/mol. The van der Waals surface area contributed by atoms with E-state index in [1.165, 1.54) is 37.3 Å². The van der Waals surface area contributed by atoms with Crippen molar-refractivity contribution >= 4 is 79.1 Å². The van der Waals surface area contributed by atoms with E-state index in [-0.39, 0.29) is 65.4 Å². The van der Waals surface area contributed by atoms with Crippen molar-refractivity contribution in [3.63, 3.8) is 0 Å². The maximum absolute atomic E-state index is 15.5. The Hall–Kier alpha value is -7.28. The van der Waals surface area contributed by atoms with Crippen LogP contribution < -0.4 is 20.9 Å². The number of fused-ring (bicyclic) bond motifs is 2. The van der Waals surface area contributed by atoms with Crippen LogP contribution in [-0.4, -0.2) is 167 Å². The Balaban J connectivity index is 0.668. The molecule has 0 spiro atoms. The molecule has 7 fully saturated rings. The molecule has 4 N–H and O–H groups in total. The zero-order valence-electron chi connectivity index (χ0n) is 57.7. The highest BCUT2D eigenvalue weighted by molar-refractivity contribution is 7.22. The summed E-state index contributed by atoms with van der Waals surface area (Å²) < 4.78 is 16.8. The molecule has 4 amide bonds. The number of ether oxygens (including phenoxy) is 2. The van der Waals surface area contributed by atoms with Crippen molar-refractivity contribution in [2.24, 2.45) is 21.7 Å². The number of aromatic nitrogens is 7. The fraction of sp³-hybridized carbons (Fsp3) is 0.568. The number of benzene rings is 2. The molecule has 6 atom stereocenters. The van der Waals surface area contributed by atoms with Gasteiger partial charge in [0.2, 0.25) is 17.7 Å². The number of likely N-dealkylation sites (tertiary alicyclic amines) is 3. The van der Waals surface area contributed by atoms with E-state index >= 15 is 4.79 Å². The Morgan fingerprint density at radius 1 is 0.835 bits per heavy atom. The zero-order valence-corrected chi connectivity index (χ0v) is 59.3. The smallest absolute Gasteiger partial charge is 0.273 e. The number of amides is 4. The van der Waals surface area contributed by atoms with Crippen molar-refractivity contribution in [2.75, 3.05) is 69.2 Å². The molecule has 21 nitrogen and oxygen atoms in total. The molecule has 4 saturated carbocycles. The second-order valence-corrected chi connectivity index (χ2v) is 33.0. The number of carbonyl (C=O) groups is 4. The standard InChI is InChI=1S/C74H94N14O7S2/c1-45-53-15-14-28-86(65(53)83-82-64(45)81-69-78-56-16-10-11-17-58(56)97-69)59-23-22-54(55-34-76-88(48(55)4)43-73-38-71(8)37-72(9,39-73)41-74(40-71,42-73)95-32-31-84-26-12-13-27-84)61(79-59)67(92)85-29-24-52(25-30-85)94-36-60(90)80-63(70(5,6)7)68(93)87-35-51(89)33-57(87)66(91)77-46(2)49-18-20-50(21-19-49)62-47(3)75-44-96-62/h10-11,16-23,34,44,46,51-52,57,63,89H,12-15,24-33,35-43H2,1-9H3,(H,77,91)(H,80,90)(H,78,81,82)/t46-,51+,57-,63+,71?,72?,73?,74?/m0/s1. The van der Waals surface area contributed by atoms with Gasteiger partial charge >= 0.3 is 0 Å². The average Bonchev–Trinajstić information content (AvgIpc) is 0.798. The van der Waals surface area contributed by atoms with E-state index in [0.717, 1.165) is 124 Å². The van der Waals surface area contributed by atoms with Crippen molar-refractivity contribution in [2.45, 2.75) is 188 Å². The molecule has 4 aliphatic carbocycles. The third kappa shape index (κ3) is 13.7. The molecule has 514 valence electrons. The SMILES string of the molecule is Cc1ncsc1-c1ccc([C@H](C)NC(=O)[C@@H]2C[C@@H](O)CN2C(=O)[C@@H](NC(=O)COC2CCN(C(=O)c3nc(N4CCCc5c4nnc(Nc4nc6ccccc6s4)c5C)ccc3-c3cnn(CC45CC6(C)CC(C)(C4)CC(OCCN4CCCC4)(C6)C5)c3C)CC2)C(C)(C)C)cc1. The zero-order chi connectivity index (χ0) is 67.8. The van der Waals surface area contributed by atoms with E-state index in [1.807, 2.05) is 106 Å². The van der Waals surface area contributed by atoms with Crippen LogP contribution in [0.15, 0.2) is 72.4 Å². The average molecular weight is 1360 g/mol. The number of hydrogen-bond acceptors (Lipinski definition) is 18. The van der Waals surface area contributed by atoms with Crippen LogP contribution in [0.3, 0.4) is 0 Å². The van der Waals surface area contributed by atoms with Crippen molar-refractivity contribution < 1.29 is 33.8 Å². The molecule has 0 radical (unpaired) electrons. The highest BCUT2D eigenvalue weighted by Crippen LogP contribution is 2.72. The lowest BCUT2D eigenvalue weighted by Crippen LogP contribution is -2.64. The molecule has 5 aromatic heterocycles. The van der Waals surface area contributed by atoms with E-state index in [0.29, 0.717) is 61.2 Å². The number of carbonyl (C=O) groups excluding carboxylic acids is 4. The maximum Gasteiger partial charge on any atom is 0.273 e. The summed E-state index contributed by atoms with van der Waals surface area (Å²) in [6.45, 7) is 24.6. The first kappa shape index (κ1) is 66.9. The van der Waals surface area contributed by atoms with E-state index in [4.69, 9.17) is 34.7 Å². The minimum atomic E-state index is -1.03. The lowest BCUT2D eigenvalue weighted by Gasteiger charge is -2.69. The lowest BCUT2D eigenvalue weighted by molar-refractivity contribution is -0.248. The Morgan fingerprint density at radius 2 is 1.59 bits per heavy atom. The number of aliphatic hydroxyl groups is 1. The van der Waals surface area contributed by atoms with Crippen LogP contribution in [0.2, 0.25) is 0 Å². The summed E-state index contributed by atoms with van der Waals surface area (Å²) in [4.78, 5) is 81.6. The van der Waals surface area contributed by atoms with Gasteiger partial charge in [-0.2, -0.15) is 5.10 Å². The summed E-state index contributed by atoms with van der Waals surface area (Å²) in [6, 6.07) is 17.7. The van der Waals surface area contributed by atoms with E-state index in [2.05, 4.69) is 69.2 Å². The molecule has 9 heterocycles. The second-order valence-electron chi connectivity index (χ2n) is 31.2. The van der Waals surface area contributed by atoms with Crippen LogP contribution in [0, 0.1) is 42.4 Å². The molecule has 3 saturated heterocycles. The fourth-order valence-corrected chi connectivity index (χ4v) is 20.1. The number of aliphatic hydroxyl groups excluding tert-OH is 1. The predicted octanol–water partition coefficient (Wildman–Crippen LogP) is 11.4. The topological polar surface area (TPSA) is 238 Å². The Labute approximate surface area is 576 Å². The van der Waals surface area contributed by atoms with E-state index in [9.17, 15) is 19.5 Å². The van der Waals surface area contributed by atoms with Crippen molar-refractivity contribution in [3.8, 4) is 21.6 Å². The Bertz CT molecular complexity index is 4060. The van der Waals surface area contributed by atoms with Gasteiger partial charge in [0.15, 0.2) is 16.8 Å². The van der Waals surface area contributed by atoms with Crippen LogP contribution >= 0.6 is 22.7 Å². The number of thiazole rings is 2. The number of pyridine rings is 1. The van der Waals surface area contributed by atoms with E-state index in [1.54, 1.807) is 22.7 Å². The lowest BCUT2D eigenvalue weighted by atomic mass is 9.39. The summed E-state index contributed by atoms with van der Waals surface area (Å²) >= 11 is 3.15. The first-order valence-electron chi connectivity index (χ1n) is 35.1. The van der Waals surface area contributed by atoms with Crippen molar-refractivity contribution in [1.82, 2.24) is 60.3 Å². The summed E-state index contributed by atoms with van der Waals surface area (Å²) in [7, 11) is 0. The number of anilines is 4. The minimum Gasteiger partial charge on any atom is -0.391 e. The Kier molecular flexibility index (Phi) is 18.2. The molecular formula is C74H94N14O7S2. The molecule has 15 rings (SSSR count). The first-order valence-corrected chi connectivity index (χ1v) is 36.8. The van der Waals surface area contributed by atoms with Gasteiger partial charge < -0.3 is 50.1 Å². The first-order chi connectivity index (χ1) is 46.4. The molecule has 4 bridgehead atoms. The number of β-amino-alcohol motifs (C(OH)–C–C–N with tert-alkyl or cyclic N) is 1. The van der Waals surface area contributed by atoms with Crippen molar-refractivity contribution in [1.29, 1.82) is 0 Å². The van der Waals surface area contributed by atoms with Gasteiger partial charge in [-0.25, -0.2) is 15.0 Å².